The number of esters is 1. The summed E-state index contributed by atoms with van der Waals surface area (Å²) in [6.45, 7) is 0. The average molecular weight is 382 g/mol. The topological polar surface area (TPSA) is 51.2 Å². The van der Waals surface area contributed by atoms with Gasteiger partial charge in [-0.3, -0.25) is 0 Å². The first-order chi connectivity index (χ1) is 9.02. The number of nitrogens with zero attached hydrogens (tertiary/aromatic N) is 1. The number of hydrogen-bond acceptors (Lipinski definition) is 5. The Morgan fingerprint density at radius 2 is 2.21 bits per heavy atom. The molecule has 0 amide bonds. The van der Waals surface area contributed by atoms with Crippen molar-refractivity contribution in [2.24, 2.45) is 0 Å². The molecule has 1 heterocycles. The minimum absolute atomic E-state index is 0.109. The highest BCUT2D eigenvalue weighted by Gasteiger charge is 2.17. The van der Waals surface area contributed by atoms with Crippen molar-refractivity contribution in [3.8, 4) is 0 Å². The van der Waals surface area contributed by atoms with Crippen molar-refractivity contribution >= 4 is 67.3 Å². The molecule has 0 spiro atoms. The van der Waals surface area contributed by atoms with Crippen molar-refractivity contribution < 1.29 is 9.53 Å². The van der Waals surface area contributed by atoms with Crippen LogP contribution in [0, 0.1) is 0 Å². The van der Waals surface area contributed by atoms with Gasteiger partial charge in [-0.2, -0.15) is 0 Å². The lowest BCUT2D eigenvalue weighted by Crippen LogP contribution is -1.98. The number of anilines is 2. The normalized spacial score (nSPS) is 10.3. The summed E-state index contributed by atoms with van der Waals surface area (Å²) >= 11 is 16.3. The predicted molar refractivity (Wildman–Crippen MR) is 80.9 cm³/mol. The number of halogens is 3. The van der Waals surface area contributed by atoms with Crippen LogP contribution in [0.3, 0.4) is 0 Å². The third-order valence-electron chi connectivity index (χ3n) is 2.15. The molecule has 100 valence electrons. The quantitative estimate of drug-likeness (QED) is 0.780. The Bertz CT molecular complexity index is 633. The van der Waals surface area contributed by atoms with E-state index in [-0.39, 0.29) is 10.0 Å². The van der Waals surface area contributed by atoms with Gasteiger partial charge in [-0.05, 0) is 28.1 Å². The lowest BCUT2D eigenvalue weighted by atomic mass is 10.3. The van der Waals surface area contributed by atoms with Crippen LogP contribution in [0.1, 0.15) is 9.67 Å². The second kappa shape index (κ2) is 6.09. The third-order valence-corrected chi connectivity index (χ3v) is 4.88. The number of hydrogen-bond donors (Lipinski definition) is 1. The molecule has 0 bridgehead atoms. The monoisotopic (exact) mass is 380 g/mol. The number of carbonyl (C=O) groups excluding carboxylic acids is 1. The lowest BCUT2D eigenvalue weighted by molar-refractivity contribution is 0.0606. The Hall–Kier alpha value is -0.820. The highest BCUT2D eigenvalue weighted by molar-refractivity contribution is 9.10. The molecule has 19 heavy (non-hydrogen) atoms. The van der Waals surface area contributed by atoms with Crippen LogP contribution in [0.2, 0.25) is 10.2 Å². The number of ether oxygens (including phenoxy) is 1. The van der Waals surface area contributed by atoms with E-state index in [1.165, 1.54) is 7.11 Å². The Kier molecular flexibility index (Phi) is 4.67. The fourth-order valence-electron chi connectivity index (χ4n) is 1.29. The van der Waals surface area contributed by atoms with E-state index < -0.39 is 5.97 Å². The van der Waals surface area contributed by atoms with Gasteiger partial charge in [0.1, 0.15) is 0 Å². The minimum atomic E-state index is -0.513. The van der Waals surface area contributed by atoms with Crippen molar-refractivity contribution in [3.05, 3.63) is 37.7 Å². The number of carbonyl (C=O) groups is 1. The van der Waals surface area contributed by atoms with E-state index in [1.807, 2.05) is 6.07 Å². The van der Waals surface area contributed by atoms with Crippen molar-refractivity contribution in [2.45, 2.75) is 0 Å². The Balaban J connectivity index is 2.29. The van der Waals surface area contributed by atoms with E-state index >= 15 is 0 Å². The fraction of sp³-hybridized carbons (Fsp3) is 0.0909. The summed E-state index contributed by atoms with van der Waals surface area (Å²) < 4.78 is 5.32. The van der Waals surface area contributed by atoms with Gasteiger partial charge in [-0.25, -0.2) is 9.78 Å². The number of aromatic nitrogens is 1. The Morgan fingerprint density at radius 1 is 1.47 bits per heavy atom. The third kappa shape index (κ3) is 3.20. The van der Waals surface area contributed by atoms with Crippen molar-refractivity contribution in [2.75, 3.05) is 12.4 Å². The van der Waals surface area contributed by atoms with E-state index in [0.29, 0.717) is 14.6 Å². The predicted octanol–water partition coefficient (Wildman–Crippen LogP) is 4.74. The second-order valence-electron chi connectivity index (χ2n) is 3.36. The first-order valence-corrected chi connectivity index (χ1v) is 7.35. The van der Waals surface area contributed by atoms with Crippen molar-refractivity contribution in [1.29, 1.82) is 0 Å². The molecule has 0 fully saturated rings. The van der Waals surface area contributed by atoms with Crippen LogP contribution in [0.5, 0.6) is 0 Å². The van der Waals surface area contributed by atoms with Gasteiger partial charge in [0.15, 0.2) is 15.2 Å². The molecule has 8 heteroatoms. The molecule has 1 aromatic heterocycles. The Morgan fingerprint density at radius 3 is 2.89 bits per heavy atom. The molecule has 0 unspecified atom stereocenters. The van der Waals surface area contributed by atoms with Crippen LogP contribution in [-0.4, -0.2) is 18.1 Å². The molecule has 2 aromatic rings. The van der Waals surface area contributed by atoms with E-state index in [0.717, 1.165) is 17.0 Å². The molecule has 0 aliphatic heterocycles. The molecular weight excluding hydrogens is 375 g/mol. The first kappa shape index (κ1) is 14.6. The second-order valence-corrected chi connectivity index (χ2v) is 5.91. The SMILES string of the molecule is COC(=O)c1sc(Nc2cccc(Cl)c2Br)nc1Cl. The van der Waals surface area contributed by atoms with Crippen LogP contribution < -0.4 is 5.32 Å². The maximum absolute atomic E-state index is 11.4. The highest BCUT2D eigenvalue weighted by atomic mass is 79.9. The van der Waals surface area contributed by atoms with Gasteiger partial charge in [-0.1, -0.05) is 40.6 Å². The number of benzene rings is 1. The van der Waals surface area contributed by atoms with Crippen LogP contribution in [0.15, 0.2) is 22.7 Å². The van der Waals surface area contributed by atoms with Gasteiger partial charge in [0.2, 0.25) is 0 Å². The molecule has 1 aromatic carbocycles. The standard InChI is InChI=1S/C11H7BrCl2N2O2S/c1-18-10(17)8-9(14)16-11(19-8)15-6-4-2-3-5(13)7(6)12/h2-4H,1H3,(H,15,16). The van der Waals surface area contributed by atoms with E-state index in [9.17, 15) is 4.79 Å². The fourth-order valence-corrected chi connectivity index (χ4v) is 2.94. The van der Waals surface area contributed by atoms with Gasteiger partial charge in [0, 0.05) is 0 Å². The van der Waals surface area contributed by atoms with Crippen molar-refractivity contribution in [1.82, 2.24) is 4.98 Å². The smallest absolute Gasteiger partial charge is 0.351 e. The van der Waals surface area contributed by atoms with Crippen LogP contribution >= 0.6 is 50.5 Å². The van der Waals surface area contributed by atoms with Crippen molar-refractivity contribution in [3.63, 3.8) is 0 Å². The molecule has 0 aliphatic rings. The summed E-state index contributed by atoms with van der Waals surface area (Å²) in [5, 5.41) is 4.20. The van der Waals surface area contributed by atoms with Gasteiger partial charge < -0.3 is 10.1 Å². The molecule has 4 nitrogen and oxygen atoms in total. The van der Waals surface area contributed by atoms with Gasteiger partial charge in [0.25, 0.3) is 0 Å². The molecule has 1 N–H and O–H groups in total. The minimum Gasteiger partial charge on any atom is -0.465 e. The Labute approximate surface area is 131 Å². The van der Waals surface area contributed by atoms with Gasteiger partial charge in [0.05, 0.1) is 22.3 Å². The molecular formula is C11H7BrCl2N2O2S. The van der Waals surface area contributed by atoms with E-state index in [1.54, 1.807) is 12.1 Å². The number of nitrogens with one attached hydrogen (secondary N) is 1. The molecule has 2 rings (SSSR count). The zero-order valence-electron chi connectivity index (χ0n) is 9.54. The van der Waals surface area contributed by atoms with E-state index in [2.05, 4.69) is 31.0 Å². The first-order valence-electron chi connectivity index (χ1n) is 4.98. The maximum Gasteiger partial charge on any atom is 0.351 e. The molecule has 0 saturated carbocycles. The molecule has 0 atom stereocenters. The number of rotatable bonds is 3. The summed E-state index contributed by atoms with van der Waals surface area (Å²) in [4.78, 5) is 15.7. The summed E-state index contributed by atoms with van der Waals surface area (Å²) in [5.74, 6) is -0.513. The molecule has 0 aliphatic carbocycles. The lowest BCUT2D eigenvalue weighted by Gasteiger charge is -2.05. The highest BCUT2D eigenvalue weighted by Crippen LogP contribution is 2.35. The summed E-state index contributed by atoms with van der Waals surface area (Å²) in [6, 6.07) is 5.38. The zero-order chi connectivity index (χ0) is 14.0. The van der Waals surface area contributed by atoms with Crippen LogP contribution in [0.25, 0.3) is 0 Å². The van der Waals surface area contributed by atoms with Crippen LogP contribution in [0.4, 0.5) is 10.8 Å². The number of thiazole rings is 1. The number of methoxy groups -OCH3 is 1. The average Bonchev–Trinajstić information content (AvgIpc) is 2.75. The molecule has 0 saturated heterocycles. The summed E-state index contributed by atoms with van der Waals surface area (Å²) in [6.07, 6.45) is 0. The zero-order valence-corrected chi connectivity index (χ0v) is 13.5. The van der Waals surface area contributed by atoms with Gasteiger partial charge >= 0.3 is 5.97 Å². The maximum atomic E-state index is 11.4. The van der Waals surface area contributed by atoms with Crippen LogP contribution in [-0.2, 0) is 4.74 Å². The molecule has 0 radical (unpaired) electrons. The van der Waals surface area contributed by atoms with E-state index in [4.69, 9.17) is 23.2 Å². The van der Waals surface area contributed by atoms with Gasteiger partial charge in [-0.15, -0.1) is 0 Å². The largest absolute Gasteiger partial charge is 0.465 e. The summed E-state index contributed by atoms with van der Waals surface area (Å²) in [5.41, 5.74) is 0.731. The summed E-state index contributed by atoms with van der Waals surface area (Å²) in [7, 11) is 1.29.